The second kappa shape index (κ2) is 5.69. The largest absolute Gasteiger partial charge is 0.307 e. The molecule has 1 N–H and O–H groups in total. The molecule has 2 atom stereocenters. The van der Waals surface area contributed by atoms with Gasteiger partial charge >= 0.3 is 0 Å². The lowest BCUT2D eigenvalue weighted by atomic mass is 10.1. The average molecular weight is 236 g/mol. The highest BCUT2D eigenvalue weighted by Gasteiger charge is 2.21. The lowest BCUT2D eigenvalue weighted by Crippen LogP contribution is -2.29. The molecule has 0 aromatic carbocycles. The molecular weight excluding hydrogens is 216 g/mol. The zero-order valence-electron chi connectivity index (χ0n) is 10.1. The van der Waals surface area contributed by atoms with E-state index in [0.717, 1.165) is 18.2 Å². The first-order valence-corrected chi connectivity index (χ1v) is 7.12. The van der Waals surface area contributed by atoms with Gasteiger partial charge in [-0.1, -0.05) is 19.9 Å². The number of pyridine rings is 1. The molecule has 16 heavy (non-hydrogen) atoms. The second-order valence-electron chi connectivity index (χ2n) is 4.42. The number of thioether (sulfide) groups is 1. The summed E-state index contributed by atoms with van der Waals surface area (Å²) in [7, 11) is 0. The van der Waals surface area contributed by atoms with E-state index in [1.807, 2.05) is 12.3 Å². The van der Waals surface area contributed by atoms with Crippen LogP contribution in [0, 0.1) is 0 Å². The molecule has 1 aromatic rings. The van der Waals surface area contributed by atoms with Crippen LogP contribution in [0.3, 0.4) is 0 Å². The fourth-order valence-corrected chi connectivity index (χ4v) is 3.34. The van der Waals surface area contributed by atoms with Crippen molar-refractivity contribution in [2.45, 2.75) is 44.5 Å². The molecule has 0 spiro atoms. The second-order valence-corrected chi connectivity index (χ2v) is 5.89. The zero-order valence-corrected chi connectivity index (χ0v) is 10.9. The van der Waals surface area contributed by atoms with Gasteiger partial charge in [-0.15, -0.1) is 0 Å². The fourth-order valence-electron chi connectivity index (χ4n) is 2.15. The van der Waals surface area contributed by atoms with Crippen molar-refractivity contribution in [3.05, 3.63) is 29.6 Å². The predicted molar refractivity (Wildman–Crippen MR) is 70.8 cm³/mol. The predicted octanol–water partition coefficient (Wildman–Crippen LogP) is 2.63. The van der Waals surface area contributed by atoms with Crippen LogP contribution in [0.1, 0.15) is 31.5 Å². The van der Waals surface area contributed by atoms with Crippen LogP contribution in [0.25, 0.3) is 0 Å². The quantitative estimate of drug-likeness (QED) is 0.870. The van der Waals surface area contributed by atoms with Crippen molar-refractivity contribution in [3.63, 3.8) is 0 Å². The Morgan fingerprint density at radius 2 is 2.44 bits per heavy atom. The van der Waals surface area contributed by atoms with Crippen LogP contribution < -0.4 is 5.32 Å². The highest BCUT2D eigenvalue weighted by Crippen LogP contribution is 2.26. The zero-order chi connectivity index (χ0) is 11.4. The van der Waals surface area contributed by atoms with Gasteiger partial charge in [0.2, 0.25) is 0 Å². The summed E-state index contributed by atoms with van der Waals surface area (Å²) in [5.74, 6) is 1.25. The number of hydrogen-bond donors (Lipinski definition) is 1. The minimum Gasteiger partial charge on any atom is -0.307 e. The normalized spacial score (nSPS) is 24.9. The topological polar surface area (TPSA) is 24.9 Å². The molecular formula is C13H20N2S. The molecule has 88 valence electrons. The van der Waals surface area contributed by atoms with Gasteiger partial charge < -0.3 is 5.32 Å². The molecule has 0 amide bonds. The van der Waals surface area contributed by atoms with E-state index in [9.17, 15) is 0 Å². The average Bonchev–Trinajstić information content (AvgIpc) is 2.73. The first kappa shape index (κ1) is 11.9. The van der Waals surface area contributed by atoms with Gasteiger partial charge in [0.1, 0.15) is 0 Å². The Kier molecular flexibility index (Phi) is 4.24. The standard InChI is InChI=1S/C13H20N2S/c1-3-11-5-4-6-14-13(11)8-15-12-7-10(2)16-9-12/h4-6,10,12,15H,3,7-9H2,1-2H3. The minimum absolute atomic E-state index is 0.673. The molecule has 2 rings (SSSR count). The monoisotopic (exact) mass is 236 g/mol. The van der Waals surface area contributed by atoms with E-state index in [1.54, 1.807) is 0 Å². The van der Waals surface area contributed by atoms with Crippen LogP contribution in [-0.4, -0.2) is 22.0 Å². The third-order valence-corrected chi connectivity index (χ3v) is 4.48. The minimum atomic E-state index is 0.673. The molecule has 0 aliphatic carbocycles. The lowest BCUT2D eigenvalue weighted by molar-refractivity contribution is 0.532. The lowest BCUT2D eigenvalue weighted by Gasteiger charge is -2.12. The first-order valence-electron chi connectivity index (χ1n) is 6.07. The number of aryl methyl sites for hydroxylation is 1. The number of nitrogens with zero attached hydrogens (tertiary/aromatic N) is 1. The molecule has 3 heteroatoms. The fraction of sp³-hybridized carbons (Fsp3) is 0.615. The van der Waals surface area contributed by atoms with Crippen molar-refractivity contribution in [2.24, 2.45) is 0 Å². The van der Waals surface area contributed by atoms with Gasteiger partial charge in [0.15, 0.2) is 0 Å². The summed E-state index contributed by atoms with van der Waals surface area (Å²) in [5, 5.41) is 4.43. The molecule has 1 aliphatic heterocycles. The Morgan fingerprint density at radius 3 is 3.12 bits per heavy atom. The van der Waals surface area contributed by atoms with Crippen molar-refractivity contribution in [1.82, 2.24) is 10.3 Å². The van der Waals surface area contributed by atoms with Crippen molar-refractivity contribution >= 4 is 11.8 Å². The van der Waals surface area contributed by atoms with Crippen LogP contribution in [-0.2, 0) is 13.0 Å². The van der Waals surface area contributed by atoms with Gasteiger partial charge in [-0.25, -0.2) is 0 Å². The van der Waals surface area contributed by atoms with Crippen LogP contribution in [0.2, 0.25) is 0 Å². The Labute approximate surface area is 102 Å². The Balaban J connectivity index is 1.89. The SMILES string of the molecule is CCc1cccnc1CNC1CSC(C)C1. The van der Waals surface area contributed by atoms with E-state index < -0.39 is 0 Å². The molecule has 0 radical (unpaired) electrons. The molecule has 1 fully saturated rings. The molecule has 1 aliphatic rings. The summed E-state index contributed by atoms with van der Waals surface area (Å²) in [6.45, 7) is 5.42. The highest BCUT2D eigenvalue weighted by molar-refractivity contribution is 8.00. The van der Waals surface area contributed by atoms with E-state index >= 15 is 0 Å². The number of nitrogens with one attached hydrogen (secondary N) is 1. The van der Waals surface area contributed by atoms with Crippen molar-refractivity contribution in [2.75, 3.05) is 5.75 Å². The molecule has 0 saturated carbocycles. The molecule has 2 unspecified atom stereocenters. The van der Waals surface area contributed by atoms with Crippen LogP contribution in [0.5, 0.6) is 0 Å². The number of hydrogen-bond acceptors (Lipinski definition) is 3. The summed E-state index contributed by atoms with van der Waals surface area (Å²) in [4.78, 5) is 4.46. The Morgan fingerprint density at radius 1 is 1.56 bits per heavy atom. The van der Waals surface area contributed by atoms with Gasteiger partial charge in [0.25, 0.3) is 0 Å². The summed E-state index contributed by atoms with van der Waals surface area (Å²) in [6, 6.07) is 4.87. The number of rotatable bonds is 4. The van der Waals surface area contributed by atoms with Gasteiger partial charge in [0.05, 0.1) is 5.69 Å². The smallest absolute Gasteiger partial charge is 0.0573 e. The molecule has 1 saturated heterocycles. The van der Waals surface area contributed by atoms with E-state index in [4.69, 9.17) is 0 Å². The molecule has 2 heterocycles. The summed E-state index contributed by atoms with van der Waals surface area (Å²) in [5.41, 5.74) is 2.59. The summed E-state index contributed by atoms with van der Waals surface area (Å²) >= 11 is 2.07. The molecule has 0 bridgehead atoms. The van der Waals surface area contributed by atoms with Gasteiger partial charge in [-0.2, -0.15) is 11.8 Å². The van der Waals surface area contributed by atoms with E-state index in [2.05, 4.69) is 42.0 Å². The van der Waals surface area contributed by atoms with Gasteiger partial charge in [-0.05, 0) is 24.5 Å². The molecule has 1 aromatic heterocycles. The third-order valence-electron chi connectivity index (χ3n) is 3.12. The molecule has 2 nitrogen and oxygen atoms in total. The van der Waals surface area contributed by atoms with E-state index in [0.29, 0.717) is 6.04 Å². The van der Waals surface area contributed by atoms with Crippen LogP contribution >= 0.6 is 11.8 Å². The Bertz CT molecular complexity index is 340. The summed E-state index contributed by atoms with van der Waals surface area (Å²) in [6.07, 6.45) is 4.25. The summed E-state index contributed by atoms with van der Waals surface area (Å²) < 4.78 is 0. The van der Waals surface area contributed by atoms with Gasteiger partial charge in [-0.3, -0.25) is 4.98 Å². The van der Waals surface area contributed by atoms with Crippen molar-refractivity contribution in [3.8, 4) is 0 Å². The van der Waals surface area contributed by atoms with Crippen LogP contribution in [0.4, 0.5) is 0 Å². The maximum Gasteiger partial charge on any atom is 0.0573 e. The van der Waals surface area contributed by atoms with Crippen LogP contribution in [0.15, 0.2) is 18.3 Å². The number of aromatic nitrogens is 1. The maximum atomic E-state index is 4.46. The highest BCUT2D eigenvalue weighted by atomic mass is 32.2. The van der Waals surface area contributed by atoms with Crippen molar-refractivity contribution in [1.29, 1.82) is 0 Å². The van der Waals surface area contributed by atoms with E-state index in [1.165, 1.54) is 23.4 Å². The van der Waals surface area contributed by atoms with Gasteiger partial charge in [0, 0.05) is 29.8 Å². The Hall–Kier alpha value is -0.540. The maximum absolute atomic E-state index is 4.46. The van der Waals surface area contributed by atoms with E-state index in [-0.39, 0.29) is 0 Å². The first-order chi connectivity index (χ1) is 7.79. The van der Waals surface area contributed by atoms with Crippen molar-refractivity contribution < 1.29 is 0 Å². The third kappa shape index (κ3) is 2.98.